The van der Waals surface area contributed by atoms with E-state index in [0.29, 0.717) is 16.1 Å². The van der Waals surface area contributed by atoms with Crippen molar-refractivity contribution in [3.05, 3.63) is 16.7 Å². The molecule has 0 unspecified atom stereocenters. The lowest BCUT2D eigenvalue weighted by molar-refractivity contribution is 0.0635. The largest absolute Gasteiger partial charge is 0.444 e. The van der Waals surface area contributed by atoms with Crippen LogP contribution in [-0.2, 0) is 4.74 Å². The van der Waals surface area contributed by atoms with E-state index >= 15 is 0 Å². The van der Waals surface area contributed by atoms with Crippen LogP contribution in [0.3, 0.4) is 0 Å². The molecule has 0 atom stereocenters. The highest BCUT2D eigenvalue weighted by atomic mass is 79.9. The van der Waals surface area contributed by atoms with Gasteiger partial charge in [-0.15, -0.1) is 0 Å². The zero-order valence-corrected chi connectivity index (χ0v) is 11.0. The van der Waals surface area contributed by atoms with E-state index in [1.165, 1.54) is 0 Å². The molecule has 1 aromatic rings. The van der Waals surface area contributed by atoms with Gasteiger partial charge >= 0.3 is 6.09 Å². The minimum absolute atomic E-state index is 0.385. The smallest absolute Gasteiger partial charge is 0.413 e. The molecule has 0 aliphatic carbocycles. The number of amides is 1. The Labute approximate surface area is 103 Å². The van der Waals surface area contributed by atoms with Gasteiger partial charge in [0.05, 0.1) is 5.69 Å². The molecule has 88 valence electrons. The minimum atomic E-state index is -0.545. The maximum absolute atomic E-state index is 11.4. The van der Waals surface area contributed by atoms with Gasteiger partial charge in [0.1, 0.15) is 16.0 Å². The van der Waals surface area contributed by atoms with Crippen LogP contribution in [0, 0.1) is 0 Å². The second kappa shape index (κ2) is 4.69. The third-order valence-electron chi connectivity index (χ3n) is 1.51. The van der Waals surface area contributed by atoms with Crippen molar-refractivity contribution in [2.45, 2.75) is 26.4 Å². The van der Waals surface area contributed by atoms with E-state index in [1.807, 2.05) is 0 Å². The van der Waals surface area contributed by atoms with E-state index in [-0.39, 0.29) is 0 Å². The standard InChI is InChI=1S/C10H14BrN3O2/c1-10(2,3)16-9(15)14-7-5-4-6(12)8(11)13-7/h4-5H,12H2,1-3H3,(H,13,14,15). The normalized spacial score (nSPS) is 11.0. The zero-order chi connectivity index (χ0) is 12.3. The van der Waals surface area contributed by atoms with Gasteiger partial charge < -0.3 is 10.5 Å². The van der Waals surface area contributed by atoms with Gasteiger partial charge in [0, 0.05) is 0 Å². The molecule has 16 heavy (non-hydrogen) atoms. The molecule has 0 aromatic carbocycles. The zero-order valence-electron chi connectivity index (χ0n) is 9.37. The number of halogens is 1. The topological polar surface area (TPSA) is 77.2 Å². The number of pyridine rings is 1. The molecule has 1 rings (SSSR count). The molecule has 3 N–H and O–H groups in total. The molecule has 0 radical (unpaired) electrons. The Morgan fingerprint density at radius 1 is 1.50 bits per heavy atom. The lowest BCUT2D eigenvalue weighted by atomic mass is 10.2. The van der Waals surface area contributed by atoms with Gasteiger partial charge in [-0.2, -0.15) is 0 Å². The van der Waals surface area contributed by atoms with Crippen molar-refractivity contribution in [3.8, 4) is 0 Å². The molecule has 0 saturated carbocycles. The van der Waals surface area contributed by atoms with Gasteiger partial charge in [-0.05, 0) is 48.8 Å². The lowest BCUT2D eigenvalue weighted by Gasteiger charge is -2.19. The van der Waals surface area contributed by atoms with Crippen molar-refractivity contribution in [1.82, 2.24) is 4.98 Å². The highest BCUT2D eigenvalue weighted by Gasteiger charge is 2.16. The number of nitrogens with one attached hydrogen (secondary N) is 1. The fourth-order valence-corrected chi connectivity index (χ4v) is 1.25. The Morgan fingerprint density at radius 2 is 2.12 bits per heavy atom. The summed E-state index contributed by atoms with van der Waals surface area (Å²) >= 11 is 3.17. The maximum Gasteiger partial charge on any atom is 0.413 e. The van der Waals surface area contributed by atoms with Gasteiger partial charge in [0.25, 0.3) is 0 Å². The van der Waals surface area contributed by atoms with E-state index in [2.05, 4.69) is 26.2 Å². The summed E-state index contributed by atoms with van der Waals surface area (Å²) in [7, 11) is 0. The van der Waals surface area contributed by atoms with Crippen LogP contribution in [0.2, 0.25) is 0 Å². The quantitative estimate of drug-likeness (QED) is 0.779. The monoisotopic (exact) mass is 287 g/mol. The van der Waals surface area contributed by atoms with Crippen LogP contribution < -0.4 is 11.1 Å². The molecular weight excluding hydrogens is 274 g/mol. The van der Waals surface area contributed by atoms with Crippen molar-refractivity contribution in [2.24, 2.45) is 0 Å². The van der Waals surface area contributed by atoms with E-state index < -0.39 is 11.7 Å². The summed E-state index contributed by atoms with van der Waals surface area (Å²) in [6.45, 7) is 5.37. The Morgan fingerprint density at radius 3 is 2.62 bits per heavy atom. The maximum atomic E-state index is 11.4. The van der Waals surface area contributed by atoms with Gasteiger partial charge in [-0.1, -0.05) is 0 Å². The third kappa shape index (κ3) is 4.06. The number of nitrogens with zero attached hydrogens (tertiary/aromatic N) is 1. The Balaban J connectivity index is 2.67. The first-order chi connectivity index (χ1) is 7.28. The van der Waals surface area contributed by atoms with Gasteiger partial charge in [0.2, 0.25) is 0 Å². The molecule has 1 aromatic heterocycles. The highest BCUT2D eigenvalue weighted by Crippen LogP contribution is 2.19. The number of anilines is 2. The number of nitrogen functional groups attached to an aromatic ring is 1. The van der Waals surface area contributed by atoms with Crippen molar-refractivity contribution in [3.63, 3.8) is 0 Å². The second-order valence-electron chi connectivity index (χ2n) is 4.20. The summed E-state index contributed by atoms with van der Waals surface area (Å²) in [5, 5.41) is 2.51. The Bertz CT molecular complexity index is 402. The first-order valence-corrected chi connectivity index (χ1v) is 5.49. The van der Waals surface area contributed by atoms with Crippen LogP contribution >= 0.6 is 15.9 Å². The molecule has 0 fully saturated rings. The minimum Gasteiger partial charge on any atom is -0.444 e. The number of hydrogen-bond donors (Lipinski definition) is 2. The number of rotatable bonds is 1. The fraction of sp³-hybridized carbons (Fsp3) is 0.400. The fourth-order valence-electron chi connectivity index (χ4n) is 0.923. The van der Waals surface area contributed by atoms with Crippen molar-refractivity contribution in [2.75, 3.05) is 11.1 Å². The summed E-state index contributed by atoms with van der Waals surface area (Å²) in [6.07, 6.45) is -0.545. The Kier molecular flexibility index (Phi) is 3.74. The number of hydrogen-bond acceptors (Lipinski definition) is 4. The predicted molar refractivity (Wildman–Crippen MR) is 66.2 cm³/mol. The molecule has 5 nitrogen and oxygen atoms in total. The summed E-state index contributed by atoms with van der Waals surface area (Å²) in [6, 6.07) is 3.24. The van der Waals surface area contributed by atoms with E-state index in [4.69, 9.17) is 10.5 Å². The van der Waals surface area contributed by atoms with Crippen LogP contribution in [0.25, 0.3) is 0 Å². The van der Waals surface area contributed by atoms with Crippen molar-refractivity contribution in [1.29, 1.82) is 0 Å². The molecule has 0 aliphatic rings. The van der Waals surface area contributed by atoms with E-state index in [9.17, 15) is 4.79 Å². The number of carbonyl (C=O) groups is 1. The van der Waals surface area contributed by atoms with Crippen LogP contribution in [0.15, 0.2) is 16.7 Å². The van der Waals surface area contributed by atoms with Gasteiger partial charge in [0.15, 0.2) is 0 Å². The first-order valence-electron chi connectivity index (χ1n) is 4.70. The van der Waals surface area contributed by atoms with E-state index in [1.54, 1.807) is 32.9 Å². The first kappa shape index (κ1) is 12.8. The lowest BCUT2D eigenvalue weighted by Crippen LogP contribution is -2.27. The molecule has 1 amide bonds. The summed E-state index contributed by atoms with van der Waals surface area (Å²) < 4.78 is 5.56. The molecule has 0 spiro atoms. The molecular formula is C10H14BrN3O2. The summed E-state index contributed by atoms with van der Waals surface area (Å²) in [5.41, 5.74) is 5.54. The van der Waals surface area contributed by atoms with E-state index in [0.717, 1.165) is 0 Å². The number of ether oxygens (including phenoxy) is 1. The highest BCUT2D eigenvalue weighted by molar-refractivity contribution is 9.10. The molecule has 1 heterocycles. The third-order valence-corrected chi connectivity index (χ3v) is 2.14. The van der Waals surface area contributed by atoms with Gasteiger partial charge in [-0.25, -0.2) is 9.78 Å². The van der Waals surface area contributed by atoms with Crippen LogP contribution in [0.4, 0.5) is 16.3 Å². The predicted octanol–water partition coefficient (Wildman–Crippen LogP) is 2.77. The molecule has 0 saturated heterocycles. The van der Waals surface area contributed by atoms with Crippen molar-refractivity contribution < 1.29 is 9.53 Å². The molecule has 6 heteroatoms. The summed E-state index contributed by atoms with van der Waals surface area (Å²) in [5.74, 6) is 0.385. The SMILES string of the molecule is CC(C)(C)OC(=O)Nc1ccc(N)c(Br)n1. The summed E-state index contributed by atoms with van der Waals surface area (Å²) in [4.78, 5) is 15.4. The second-order valence-corrected chi connectivity index (χ2v) is 4.95. The van der Waals surface area contributed by atoms with Gasteiger partial charge in [-0.3, -0.25) is 5.32 Å². The van der Waals surface area contributed by atoms with Crippen molar-refractivity contribution >= 4 is 33.5 Å². The Hall–Kier alpha value is -1.30. The van der Waals surface area contributed by atoms with Crippen LogP contribution in [0.1, 0.15) is 20.8 Å². The van der Waals surface area contributed by atoms with Crippen LogP contribution in [0.5, 0.6) is 0 Å². The molecule has 0 aliphatic heterocycles. The molecule has 0 bridgehead atoms. The average molecular weight is 288 g/mol. The van der Waals surface area contributed by atoms with Crippen LogP contribution in [-0.4, -0.2) is 16.7 Å². The number of nitrogens with two attached hydrogens (primary N) is 1. The number of aromatic nitrogens is 1. The number of carbonyl (C=O) groups excluding carboxylic acids is 1. The average Bonchev–Trinajstić information content (AvgIpc) is 2.08.